The maximum atomic E-state index is 8.72. The predicted molar refractivity (Wildman–Crippen MR) is 52.1 cm³/mol. The lowest BCUT2D eigenvalue weighted by Crippen LogP contribution is -2.06. The van der Waals surface area contributed by atoms with Crippen LogP contribution in [0.15, 0.2) is 5.16 Å². The predicted octanol–water partition coefficient (Wildman–Crippen LogP) is -0.206. The molecule has 80 valence electrons. The van der Waals surface area contributed by atoms with Gasteiger partial charge in [-0.1, -0.05) is 11.8 Å². The molecule has 7 heteroatoms. The van der Waals surface area contributed by atoms with Gasteiger partial charge in [-0.2, -0.15) is 0 Å². The van der Waals surface area contributed by atoms with Crippen molar-refractivity contribution in [1.82, 2.24) is 20.2 Å². The molecule has 0 aliphatic heterocycles. The molecule has 0 aliphatic rings. The summed E-state index contributed by atoms with van der Waals surface area (Å²) < 4.78 is 6.76. The fourth-order valence-electron chi connectivity index (χ4n) is 0.871. The fourth-order valence-corrected chi connectivity index (χ4v) is 1.63. The number of aliphatic hydroxyl groups is 1. The molecular weight excluding hydrogens is 204 g/mol. The van der Waals surface area contributed by atoms with Crippen molar-refractivity contribution >= 4 is 11.8 Å². The Hall–Kier alpha value is -0.660. The summed E-state index contributed by atoms with van der Waals surface area (Å²) in [6.45, 7) is 3.85. The zero-order chi connectivity index (χ0) is 10.2. The minimum Gasteiger partial charge on any atom is -0.394 e. The van der Waals surface area contributed by atoms with Crippen molar-refractivity contribution in [1.29, 1.82) is 0 Å². The van der Waals surface area contributed by atoms with Gasteiger partial charge in [0.05, 0.1) is 19.8 Å². The molecule has 0 amide bonds. The lowest BCUT2D eigenvalue weighted by Gasteiger charge is -2.01. The lowest BCUT2D eigenvalue weighted by atomic mass is 10.7. The number of hydrogen-bond donors (Lipinski definition) is 1. The highest BCUT2D eigenvalue weighted by Crippen LogP contribution is 2.12. The van der Waals surface area contributed by atoms with E-state index in [1.54, 1.807) is 4.68 Å². The maximum Gasteiger partial charge on any atom is 0.209 e. The molecule has 0 saturated carbocycles. The van der Waals surface area contributed by atoms with Crippen molar-refractivity contribution in [2.24, 2.45) is 0 Å². The summed E-state index contributed by atoms with van der Waals surface area (Å²) in [6, 6.07) is 0. The third-order valence-corrected chi connectivity index (χ3v) is 2.40. The van der Waals surface area contributed by atoms with E-state index in [4.69, 9.17) is 9.84 Å². The molecule has 0 radical (unpaired) electrons. The normalized spacial score (nSPS) is 10.7. The van der Waals surface area contributed by atoms with Crippen LogP contribution in [0.5, 0.6) is 0 Å². The highest BCUT2D eigenvalue weighted by Gasteiger charge is 2.04. The Morgan fingerprint density at radius 1 is 1.57 bits per heavy atom. The summed E-state index contributed by atoms with van der Waals surface area (Å²) in [4.78, 5) is 0. The van der Waals surface area contributed by atoms with Crippen LogP contribution in [0.3, 0.4) is 0 Å². The van der Waals surface area contributed by atoms with Crippen molar-refractivity contribution < 1.29 is 9.84 Å². The number of aromatic nitrogens is 4. The second-order valence-electron chi connectivity index (χ2n) is 2.45. The Kier molecular flexibility index (Phi) is 5.50. The number of nitrogens with zero attached hydrogens (tertiary/aromatic N) is 4. The summed E-state index contributed by atoms with van der Waals surface area (Å²) in [5, 5.41) is 20.5. The van der Waals surface area contributed by atoms with Crippen LogP contribution in [0.4, 0.5) is 0 Å². The van der Waals surface area contributed by atoms with Gasteiger partial charge in [-0.05, 0) is 17.4 Å². The first-order valence-corrected chi connectivity index (χ1v) is 5.44. The first kappa shape index (κ1) is 11.4. The quantitative estimate of drug-likeness (QED) is 0.504. The number of hydrogen-bond acceptors (Lipinski definition) is 6. The number of ether oxygens (including phenoxy) is 1. The zero-order valence-corrected chi connectivity index (χ0v) is 8.90. The molecule has 1 N–H and O–H groups in total. The topological polar surface area (TPSA) is 73.1 Å². The Bertz CT molecular complexity index is 256. The van der Waals surface area contributed by atoms with Gasteiger partial charge in [-0.15, -0.1) is 5.10 Å². The monoisotopic (exact) mass is 218 g/mol. The maximum absolute atomic E-state index is 8.72. The van der Waals surface area contributed by atoms with Crippen molar-refractivity contribution in [3.8, 4) is 0 Å². The van der Waals surface area contributed by atoms with E-state index in [9.17, 15) is 0 Å². The molecule has 0 spiro atoms. The molecule has 1 rings (SSSR count). The second kappa shape index (κ2) is 6.74. The molecule has 1 aromatic heterocycles. The number of aliphatic hydroxyl groups excluding tert-OH is 1. The average molecular weight is 218 g/mol. The van der Waals surface area contributed by atoms with Crippen molar-refractivity contribution in [3.05, 3.63) is 0 Å². The van der Waals surface area contributed by atoms with E-state index in [1.807, 2.05) is 6.92 Å². The zero-order valence-electron chi connectivity index (χ0n) is 8.09. The van der Waals surface area contributed by atoms with Gasteiger partial charge < -0.3 is 9.84 Å². The van der Waals surface area contributed by atoms with Crippen LogP contribution in [-0.2, 0) is 11.3 Å². The average Bonchev–Trinajstić information content (AvgIpc) is 2.61. The number of tetrazole rings is 1. The van der Waals surface area contributed by atoms with Crippen LogP contribution >= 0.6 is 11.8 Å². The summed E-state index contributed by atoms with van der Waals surface area (Å²) >= 11 is 1.52. The molecule has 0 saturated heterocycles. The highest BCUT2D eigenvalue weighted by atomic mass is 32.2. The van der Waals surface area contributed by atoms with Gasteiger partial charge in [0, 0.05) is 12.4 Å². The van der Waals surface area contributed by atoms with E-state index in [-0.39, 0.29) is 6.61 Å². The van der Waals surface area contributed by atoms with E-state index in [0.717, 1.165) is 17.5 Å². The minimum atomic E-state index is 0.0457. The number of rotatable bonds is 7. The standard InChI is InChI=1S/C7H14N4O2S/c1-2-13-5-6-14-7-8-9-10-11(7)3-4-12/h12H,2-6H2,1H3. The van der Waals surface area contributed by atoms with Crippen LogP contribution in [0.2, 0.25) is 0 Å². The largest absolute Gasteiger partial charge is 0.394 e. The Morgan fingerprint density at radius 3 is 3.14 bits per heavy atom. The third-order valence-electron chi connectivity index (χ3n) is 1.47. The van der Waals surface area contributed by atoms with Gasteiger partial charge in [-0.3, -0.25) is 0 Å². The van der Waals surface area contributed by atoms with Gasteiger partial charge in [0.25, 0.3) is 0 Å². The summed E-state index contributed by atoms with van der Waals surface area (Å²) in [7, 11) is 0. The lowest BCUT2D eigenvalue weighted by molar-refractivity contribution is 0.164. The third kappa shape index (κ3) is 3.60. The van der Waals surface area contributed by atoms with Crippen LogP contribution in [0.25, 0.3) is 0 Å². The van der Waals surface area contributed by atoms with E-state index in [1.165, 1.54) is 11.8 Å². The highest BCUT2D eigenvalue weighted by molar-refractivity contribution is 7.99. The van der Waals surface area contributed by atoms with Crippen molar-refractivity contribution in [2.45, 2.75) is 18.6 Å². The molecule has 1 aromatic rings. The molecular formula is C7H14N4O2S. The summed E-state index contributed by atoms with van der Waals surface area (Å²) in [6.07, 6.45) is 0. The second-order valence-corrected chi connectivity index (χ2v) is 3.52. The van der Waals surface area contributed by atoms with E-state index in [0.29, 0.717) is 13.2 Å². The molecule has 14 heavy (non-hydrogen) atoms. The first-order chi connectivity index (χ1) is 6.88. The van der Waals surface area contributed by atoms with Crippen molar-refractivity contribution in [2.75, 3.05) is 25.6 Å². The van der Waals surface area contributed by atoms with Crippen LogP contribution in [0.1, 0.15) is 6.92 Å². The van der Waals surface area contributed by atoms with Crippen LogP contribution in [-0.4, -0.2) is 50.9 Å². The SMILES string of the molecule is CCOCCSc1nnnn1CCO. The summed E-state index contributed by atoms with van der Waals surface area (Å²) in [5.74, 6) is 0.819. The van der Waals surface area contributed by atoms with Gasteiger partial charge in [0.2, 0.25) is 5.16 Å². The van der Waals surface area contributed by atoms with E-state index < -0.39 is 0 Å². The van der Waals surface area contributed by atoms with Gasteiger partial charge in [-0.25, -0.2) is 4.68 Å². The van der Waals surface area contributed by atoms with Crippen LogP contribution < -0.4 is 0 Å². The number of thioether (sulfide) groups is 1. The van der Waals surface area contributed by atoms with E-state index >= 15 is 0 Å². The molecule has 0 fully saturated rings. The smallest absolute Gasteiger partial charge is 0.209 e. The van der Waals surface area contributed by atoms with E-state index in [2.05, 4.69) is 15.5 Å². The Labute approximate surface area is 86.6 Å². The molecule has 0 aliphatic carbocycles. The first-order valence-electron chi connectivity index (χ1n) is 4.46. The van der Waals surface area contributed by atoms with Gasteiger partial charge in [0.1, 0.15) is 0 Å². The van der Waals surface area contributed by atoms with Crippen molar-refractivity contribution in [3.63, 3.8) is 0 Å². The Balaban J connectivity index is 2.30. The van der Waals surface area contributed by atoms with Crippen LogP contribution in [0, 0.1) is 0 Å². The van der Waals surface area contributed by atoms with Gasteiger partial charge in [0.15, 0.2) is 0 Å². The molecule has 0 atom stereocenters. The van der Waals surface area contributed by atoms with Gasteiger partial charge >= 0.3 is 0 Å². The molecule has 1 heterocycles. The Morgan fingerprint density at radius 2 is 2.43 bits per heavy atom. The minimum absolute atomic E-state index is 0.0457. The molecule has 0 unspecified atom stereocenters. The fraction of sp³-hybridized carbons (Fsp3) is 0.857. The summed E-state index contributed by atoms with van der Waals surface area (Å²) in [5.41, 5.74) is 0. The molecule has 0 aromatic carbocycles. The molecule has 6 nitrogen and oxygen atoms in total. The molecule has 0 bridgehead atoms.